The molecule has 202 valence electrons. The fourth-order valence-electron chi connectivity index (χ4n) is 4.65. The number of benzene rings is 1. The van der Waals surface area contributed by atoms with E-state index in [4.69, 9.17) is 23.7 Å². The van der Waals surface area contributed by atoms with Crippen molar-refractivity contribution in [3.05, 3.63) is 62.9 Å². The molecular weight excluding hydrogens is 480 g/mol. The number of ether oxygens (including phenoxy) is 5. The first-order valence-corrected chi connectivity index (χ1v) is 13.0. The summed E-state index contributed by atoms with van der Waals surface area (Å²) in [5, 5.41) is 0. The van der Waals surface area contributed by atoms with Gasteiger partial charge in [0, 0.05) is 12.3 Å². The van der Waals surface area contributed by atoms with Crippen LogP contribution in [0.5, 0.6) is 5.75 Å². The number of unbranched alkanes of at least 4 members (excludes halogenated alkanes) is 5. The molecule has 2 aromatic rings. The van der Waals surface area contributed by atoms with Gasteiger partial charge in [-0.25, -0.2) is 9.59 Å². The number of esters is 1. The molecule has 0 saturated carbocycles. The van der Waals surface area contributed by atoms with Gasteiger partial charge in [-0.05, 0) is 44.5 Å². The number of rotatable bonds is 12. The molecule has 1 aromatic heterocycles. The number of hydrogen-bond acceptors (Lipinski definition) is 8. The van der Waals surface area contributed by atoms with E-state index < -0.39 is 47.5 Å². The summed E-state index contributed by atoms with van der Waals surface area (Å²) >= 11 is 0. The van der Waals surface area contributed by atoms with Gasteiger partial charge in [0.2, 0.25) is 0 Å². The molecule has 0 spiro atoms. The van der Waals surface area contributed by atoms with Crippen molar-refractivity contribution in [3.63, 3.8) is 0 Å². The Balaban J connectivity index is 1.30. The third-order valence-electron chi connectivity index (χ3n) is 6.49. The van der Waals surface area contributed by atoms with Crippen LogP contribution >= 0.6 is 0 Å². The van der Waals surface area contributed by atoms with Gasteiger partial charge in [0.05, 0.1) is 12.2 Å². The van der Waals surface area contributed by atoms with E-state index in [-0.39, 0.29) is 6.61 Å². The molecule has 0 bridgehead atoms. The van der Waals surface area contributed by atoms with Gasteiger partial charge in [0.1, 0.15) is 30.7 Å². The third-order valence-corrected chi connectivity index (χ3v) is 6.49. The Morgan fingerprint density at radius 3 is 2.43 bits per heavy atom. The van der Waals surface area contributed by atoms with E-state index >= 15 is 0 Å². The normalized spacial score (nSPS) is 24.1. The summed E-state index contributed by atoms with van der Waals surface area (Å²) in [4.78, 5) is 38.7. The Hall–Kier alpha value is -2.95. The number of fused-ring (bicyclic) bond motifs is 1. The van der Waals surface area contributed by atoms with Gasteiger partial charge in [0.25, 0.3) is 5.56 Å². The molecule has 0 amide bonds. The van der Waals surface area contributed by atoms with E-state index in [1.54, 1.807) is 38.1 Å². The van der Waals surface area contributed by atoms with Crippen molar-refractivity contribution in [3.8, 4) is 5.75 Å². The minimum atomic E-state index is -0.906. The Morgan fingerprint density at radius 1 is 1.00 bits per heavy atom. The molecule has 3 heterocycles. The SMILES string of the molecule is CCCCCCCCOc1ccc(C(=O)OC[C@H]2O[C@@H](n3ccc(=O)[nH]c3=O)[C@@H]3OC(C)(C)O[C@@H]32)cc1. The predicted molar refractivity (Wildman–Crippen MR) is 135 cm³/mol. The first-order valence-electron chi connectivity index (χ1n) is 13.0. The largest absolute Gasteiger partial charge is 0.494 e. The molecule has 2 saturated heterocycles. The van der Waals surface area contributed by atoms with Crippen molar-refractivity contribution < 1.29 is 28.5 Å². The maximum Gasteiger partial charge on any atom is 0.338 e. The number of nitrogens with zero attached hydrogens (tertiary/aromatic N) is 1. The molecular formula is C27H36N2O8. The molecule has 10 nitrogen and oxygen atoms in total. The smallest absolute Gasteiger partial charge is 0.338 e. The van der Waals surface area contributed by atoms with Gasteiger partial charge in [-0.15, -0.1) is 0 Å². The van der Waals surface area contributed by atoms with Crippen molar-refractivity contribution in [1.82, 2.24) is 9.55 Å². The highest BCUT2D eigenvalue weighted by atomic mass is 16.8. The lowest BCUT2D eigenvalue weighted by atomic mass is 10.1. The van der Waals surface area contributed by atoms with Crippen molar-refractivity contribution >= 4 is 5.97 Å². The number of carbonyl (C=O) groups is 1. The monoisotopic (exact) mass is 516 g/mol. The maximum absolute atomic E-state index is 12.7. The predicted octanol–water partition coefficient (Wildman–Crippen LogP) is 3.55. The van der Waals surface area contributed by atoms with Gasteiger partial charge >= 0.3 is 11.7 Å². The number of H-pyrrole nitrogens is 1. The standard InChI is InChI=1S/C27H36N2O8/c1-4-5-6-7-8-9-16-33-19-12-10-18(11-13-19)25(31)34-17-20-22-23(37-27(2,3)36-22)24(35-20)29-15-14-21(30)28-26(29)32/h10-15,20,22-24H,4-9,16-17H2,1-3H3,(H,28,30,32)/t20-,22-,23-,24-/m1/s1. The van der Waals surface area contributed by atoms with Crippen LogP contribution in [0.3, 0.4) is 0 Å². The molecule has 0 radical (unpaired) electrons. The Labute approximate surface area is 215 Å². The van der Waals surface area contributed by atoms with E-state index in [0.717, 1.165) is 12.8 Å². The Bertz CT molecular complexity index is 1160. The van der Waals surface area contributed by atoms with Gasteiger partial charge in [0.15, 0.2) is 12.0 Å². The third kappa shape index (κ3) is 6.88. The lowest BCUT2D eigenvalue weighted by Gasteiger charge is -2.24. The molecule has 1 N–H and O–H groups in total. The Kier molecular flexibility index (Phi) is 8.83. The van der Waals surface area contributed by atoms with Crippen molar-refractivity contribution in [2.45, 2.75) is 89.6 Å². The van der Waals surface area contributed by atoms with Gasteiger partial charge in [-0.1, -0.05) is 39.0 Å². The summed E-state index contributed by atoms with van der Waals surface area (Å²) in [6, 6.07) is 8.07. The van der Waals surface area contributed by atoms with Gasteiger partial charge in [-0.2, -0.15) is 0 Å². The van der Waals surface area contributed by atoms with E-state index in [1.807, 2.05) is 0 Å². The van der Waals surface area contributed by atoms with Crippen LogP contribution in [0.15, 0.2) is 46.1 Å². The zero-order valence-corrected chi connectivity index (χ0v) is 21.6. The fraction of sp³-hybridized carbons (Fsp3) is 0.593. The summed E-state index contributed by atoms with van der Waals surface area (Å²) in [5.74, 6) is -0.706. The van der Waals surface area contributed by atoms with Crippen molar-refractivity contribution in [2.75, 3.05) is 13.2 Å². The van der Waals surface area contributed by atoms with Crippen molar-refractivity contribution in [1.29, 1.82) is 0 Å². The average molecular weight is 517 g/mol. The van der Waals surface area contributed by atoms with Crippen LogP contribution in [-0.2, 0) is 18.9 Å². The molecule has 37 heavy (non-hydrogen) atoms. The van der Waals surface area contributed by atoms with Crippen LogP contribution in [0, 0.1) is 0 Å². The maximum atomic E-state index is 12.7. The summed E-state index contributed by atoms with van der Waals surface area (Å²) in [6.45, 7) is 6.28. The van der Waals surface area contributed by atoms with Crippen molar-refractivity contribution in [2.24, 2.45) is 0 Å². The van der Waals surface area contributed by atoms with E-state index in [0.29, 0.717) is 17.9 Å². The van der Waals surface area contributed by atoms with Crippen LogP contribution in [0.2, 0.25) is 0 Å². The van der Waals surface area contributed by atoms with Crippen LogP contribution < -0.4 is 16.0 Å². The lowest BCUT2D eigenvalue weighted by molar-refractivity contribution is -0.200. The van der Waals surface area contributed by atoms with Gasteiger partial charge in [-0.3, -0.25) is 14.3 Å². The highest BCUT2D eigenvalue weighted by Gasteiger charge is 2.56. The molecule has 10 heteroatoms. The molecule has 2 fully saturated rings. The van der Waals surface area contributed by atoms with Crippen LogP contribution in [0.25, 0.3) is 0 Å². The molecule has 4 rings (SSSR count). The first kappa shape index (κ1) is 27.1. The second-order valence-corrected chi connectivity index (χ2v) is 9.89. The van der Waals surface area contributed by atoms with E-state index in [1.165, 1.54) is 42.5 Å². The lowest BCUT2D eigenvalue weighted by Crippen LogP contribution is -2.37. The number of aromatic nitrogens is 2. The Morgan fingerprint density at radius 2 is 1.70 bits per heavy atom. The highest BCUT2D eigenvalue weighted by molar-refractivity contribution is 5.89. The highest BCUT2D eigenvalue weighted by Crippen LogP contribution is 2.42. The number of hydrogen-bond donors (Lipinski definition) is 1. The number of carbonyl (C=O) groups excluding carboxylic acids is 1. The summed E-state index contributed by atoms with van der Waals surface area (Å²) < 4.78 is 30.5. The van der Waals surface area contributed by atoms with E-state index in [9.17, 15) is 14.4 Å². The summed E-state index contributed by atoms with van der Waals surface area (Å²) in [6.07, 6.45) is 5.82. The van der Waals surface area contributed by atoms with Gasteiger partial charge < -0.3 is 23.7 Å². The summed E-state index contributed by atoms with van der Waals surface area (Å²) in [7, 11) is 0. The van der Waals surface area contributed by atoms with Crippen LogP contribution in [0.1, 0.15) is 75.9 Å². The first-order chi connectivity index (χ1) is 17.8. The van der Waals surface area contributed by atoms with Crippen LogP contribution in [0.4, 0.5) is 0 Å². The molecule has 2 aliphatic heterocycles. The second-order valence-electron chi connectivity index (χ2n) is 9.89. The molecule has 1 aromatic carbocycles. The summed E-state index contributed by atoms with van der Waals surface area (Å²) in [5.41, 5.74) is -0.746. The molecule has 2 aliphatic rings. The topological polar surface area (TPSA) is 118 Å². The number of aromatic amines is 1. The average Bonchev–Trinajstić information content (AvgIpc) is 3.35. The zero-order valence-electron chi connectivity index (χ0n) is 21.6. The quantitative estimate of drug-likeness (QED) is 0.336. The second kappa shape index (κ2) is 12.1. The number of nitrogens with one attached hydrogen (secondary N) is 1. The van der Waals surface area contributed by atoms with E-state index in [2.05, 4.69) is 11.9 Å². The molecule has 0 aliphatic carbocycles. The fourth-order valence-corrected chi connectivity index (χ4v) is 4.65. The van der Waals surface area contributed by atoms with Crippen LogP contribution in [-0.4, -0.2) is 52.8 Å². The molecule has 4 atom stereocenters. The minimum absolute atomic E-state index is 0.0929. The zero-order chi connectivity index (χ0) is 26.4. The molecule has 0 unspecified atom stereocenters. The minimum Gasteiger partial charge on any atom is -0.494 e.